The molecule has 1 saturated heterocycles. The molecule has 1 fully saturated rings. The molecule has 0 aromatic carbocycles. The van der Waals surface area contributed by atoms with E-state index in [4.69, 9.17) is 0 Å². The smallest absolute Gasteiger partial charge is 0.233 e. The second-order valence-corrected chi connectivity index (χ2v) is 9.50. The molecule has 156 valence electrons. The highest BCUT2D eigenvalue weighted by molar-refractivity contribution is 8.00. The van der Waals surface area contributed by atoms with Crippen LogP contribution in [0, 0.1) is 0 Å². The molecule has 3 N–H and O–H groups in total. The monoisotopic (exact) mass is 426 g/mol. The van der Waals surface area contributed by atoms with Crippen LogP contribution in [0.5, 0.6) is 0 Å². The molecule has 1 aromatic heterocycles. The van der Waals surface area contributed by atoms with Gasteiger partial charge in [0.05, 0.1) is 12.3 Å². The first-order chi connectivity index (χ1) is 13.3. The first kappa shape index (κ1) is 22.7. The number of thiophene rings is 1. The van der Waals surface area contributed by atoms with Crippen molar-refractivity contribution >= 4 is 40.8 Å². The van der Waals surface area contributed by atoms with Crippen LogP contribution < -0.4 is 16.0 Å². The van der Waals surface area contributed by atoms with Gasteiger partial charge in [0, 0.05) is 35.8 Å². The van der Waals surface area contributed by atoms with Crippen LogP contribution in [0.25, 0.3) is 0 Å². The van der Waals surface area contributed by atoms with Gasteiger partial charge in [-0.25, -0.2) is 0 Å². The van der Waals surface area contributed by atoms with Gasteiger partial charge in [-0.15, -0.1) is 23.1 Å². The first-order valence-electron chi connectivity index (χ1n) is 9.53. The van der Waals surface area contributed by atoms with Gasteiger partial charge in [0.25, 0.3) is 0 Å². The zero-order chi connectivity index (χ0) is 20.7. The Morgan fingerprint density at radius 1 is 1.32 bits per heavy atom. The number of hydrogen-bond donors (Lipinski definition) is 3. The van der Waals surface area contributed by atoms with Crippen molar-refractivity contribution in [3.05, 3.63) is 22.4 Å². The lowest BCUT2D eigenvalue weighted by Gasteiger charge is -2.33. The second kappa shape index (κ2) is 10.8. The van der Waals surface area contributed by atoms with Crippen LogP contribution in [-0.2, 0) is 20.9 Å². The highest BCUT2D eigenvalue weighted by Crippen LogP contribution is 2.16. The number of hydrogen-bond acceptors (Lipinski definition) is 6. The quantitative estimate of drug-likeness (QED) is 0.561. The minimum absolute atomic E-state index is 0.0434. The van der Waals surface area contributed by atoms with E-state index in [0.717, 1.165) is 4.88 Å². The average molecular weight is 427 g/mol. The van der Waals surface area contributed by atoms with Crippen molar-refractivity contribution in [3.63, 3.8) is 0 Å². The van der Waals surface area contributed by atoms with Crippen molar-refractivity contribution in [1.29, 1.82) is 0 Å². The molecule has 1 aliphatic rings. The zero-order valence-corrected chi connectivity index (χ0v) is 18.5. The van der Waals surface area contributed by atoms with Crippen LogP contribution in [0.1, 0.15) is 45.4 Å². The fraction of sp³-hybridized carbons (Fsp3) is 0.632. The summed E-state index contributed by atoms with van der Waals surface area (Å²) in [5.74, 6) is 0.114. The molecule has 1 aromatic rings. The van der Waals surface area contributed by atoms with Gasteiger partial charge in [-0.3, -0.25) is 19.7 Å². The number of nitrogens with one attached hydrogen (secondary N) is 3. The first-order valence-corrected chi connectivity index (χ1v) is 11.5. The third-order valence-electron chi connectivity index (χ3n) is 4.36. The number of carbonyl (C=O) groups is 3. The Balaban J connectivity index is 1.80. The van der Waals surface area contributed by atoms with Gasteiger partial charge in [-0.2, -0.15) is 0 Å². The van der Waals surface area contributed by atoms with E-state index in [1.54, 1.807) is 11.3 Å². The molecule has 0 bridgehead atoms. The Kier molecular flexibility index (Phi) is 8.78. The molecule has 0 aliphatic carbocycles. The molecule has 0 saturated carbocycles. The van der Waals surface area contributed by atoms with Gasteiger partial charge in [0.15, 0.2) is 0 Å². The summed E-state index contributed by atoms with van der Waals surface area (Å²) in [4.78, 5) is 39.6. The molecule has 3 amide bonds. The Labute approximate surface area is 175 Å². The minimum Gasteiger partial charge on any atom is -0.351 e. The van der Waals surface area contributed by atoms with Gasteiger partial charge < -0.3 is 15.5 Å². The normalized spacial score (nSPS) is 19.6. The molecule has 0 radical (unpaired) electrons. The second-order valence-electron chi connectivity index (χ2n) is 7.37. The number of carbonyl (C=O) groups excluding carboxylic acids is 3. The maximum Gasteiger partial charge on any atom is 0.233 e. The molecule has 2 atom stereocenters. The van der Waals surface area contributed by atoms with Crippen LogP contribution in [-0.4, -0.2) is 52.0 Å². The van der Waals surface area contributed by atoms with E-state index in [9.17, 15) is 14.4 Å². The van der Waals surface area contributed by atoms with Gasteiger partial charge >= 0.3 is 0 Å². The highest BCUT2D eigenvalue weighted by atomic mass is 32.2. The van der Waals surface area contributed by atoms with E-state index < -0.39 is 0 Å². The van der Waals surface area contributed by atoms with Crippen LogP contribution in [0.15, 0.2) is 17.5 Å². The Bertz CT molecular complexity index is 656. The van der Waals surface area contributed by atoms with Crippen molar-refractivity contribution < 1.29 is 14.4 Å². The van der Waals surface area contributed by atoms with Gasteiger partial charge in [0.2, 0.25) is 17.7 Å². The zero-order valence-electron chi connectivity index (χ0n) is 16.9. The predicted molar refractivity (Wildman–Crippen MR) is 114 cm³/mol. The summed E-state index contributed by atoms with van der Waals surface area (Å²) in [5.41, 5.74) is -0.374. The van der Waals surface area contributed by atoms with Crippen molar-refractivity contribution in [3.8, 4) is 0 Å². The summed E-state index contributed by atoms with van der Waals surface area (Å²) in [7, 11) is 0. The van der Waals surface area contributed by atoms with Crippen molar-refractivity contribution in [2.24, 2.45) is 0 Å². The predicted octanol–water partition coefficient (Wildman–Crippen LogP) is 1.89. The largest absolute Gasteiger partial charge is 0.351 e. The molecule has 2 unspecified atom stereocenters. The molecule has 0 spiro atoms. The van der Waals surface area contributed by atoms with Crippen molar-refractivity contribution in [1.82, 2.24) is 20.9 Å². The molecule has 2 rings (SSSR count). The van der Waals surface area contributed by atoms with E-state index >= 15 is 0 Å². The van der Waals surface area contributed by atoms with Gasteiger partial charge in [-0.05, 0) is 39.1 Å². The topological polar surface area (TPSA) is 90.5 Å². The summed E-state index contributed by atoms with van der Waals surface area (Å²) >= 11 is 2.94. The molecule has 7 nitrogen and oxygen atoms in total. The molecule has 9 heteroatoms. The van der Waals surface area contributed by atoms with E-state index in [-0.39, 0.29) is 59.9 Å². The van der Waals surface area contributed by atoms with Crippen molar-refractivity contribution in [2.75, 3.05) is 5.75 Å². The SMILES string of the molecule is CC(C)N(C(=O)CSC1NC(=O)CC(CC(=O)NCc2cccs2)N1)C(C)C. The summed E-state index contributed by atoms with van der Waals surface area (Å²) in [6.07, 6.45) is 0.482. The molecule has 1 aliphatic heterocycles. The lowest BCUT2D eigenvalue weighted by molar-refractivity contribution is -0.132. The third-order valence-corrected chi connectivity index (χ3v) is 6.23. The summed E-state index contributed by atoms with van der Waals surface area (Å²) < 4.78 is 0. The molecular formula is C19H30N4O3S2. The Hall–Kier alpha value is -1.58. The lowest BCUT2D eigenvalue weighted by atomic mass is 10.1. The maximum atomic E-state index is 12.5. The average Bonchev–Trinajstić information content (AvgIpc) is 3.10. The van der Waals surface area contributed by atoms with E-state index in [0.29, 0.717) is 6.54 Å². The fourth-order valence-electron chi connectivity index (χ4n) is 3.26. The summed E-state index contributed by atoms with van der Waals surface area (Å²) in [5, 5.41) is 11.0. The third kappa shape index (κ3) is 7.10. The van der Waals surface area contributed by atoms with Crippen LogP contribution >= 0.6 is 23.1 Å². The Morgan fingerprint density at radius 2 is 2.04 bits per heavy atom. The number of nitrogens with zero attached hydrogens (tertiary/aromatic N) is 1. The lowest BCUT2D eigenvalue weighted by Crippen LogP contribution is -2.56. The highest BCUT2D eigenvalue weighted by Gasteiger charge is 2.29. The fourth-order valence-corrected chi connectivity index (χ4v) is 4.87. The van der Waals surface area contributed by atoms with E-state index in [1.165, 1.54) is 11.8 Å². The number of amides is 3. The number of thioether (sulfide) groups is 1. The molecule has 2 heterocycles. The van der Waals surface area contributed by atoms with E-state index in [1.807, 2.05) is 50.1 Å². The maximum absolute atomic E-state index is 12.5. The van der Waals surface area contributed by atoms with Gasteiger partial charge in [-0.1, -0.05) is 6.07 Å². The summed E-state index contributed by atoms with van der Waals surface area (Å²) in [6.45, 7) is 8.48. The van der Waals surface area contributed by atoms with Crippen LogP contribution in [0.4, 0.5) is 0 Å². The van der Waals surface area contributed by atoms with Gasteiger partial charge in [0.1, 0.15) is 5.50 Å². The van der Waals surface area contributed by atoms with Crippen LogP contribution in [0.2, 0.25) is 0 Å². The molecular weight excluding hydrogens is 396 g/mol. The van der Waals surface area contributed by atoms with E-state index in [2.05, 4.69) is 16.0 Å². The van der Waals surface area contributed by atoms with Crippen LogP contribution in [0.3, 0.4) is 0 Å². The van der Waals surface area contributed by atoms with Crippen molar-refractivity contribution in [2.45, 2.75) is 70.7 Å². The minimum atomic E-state index is -0.374. The Morgan fingerprint density at radius 3 is 2.64 bits per heavy atom. The number of rotatable bonds is 9. The standard InChI is InChI=1S/C19H30N4O3S2/c1-12(2)23(13(3)4)18(26)11-28-19-21-14(9-17(25)22-19)8-16(24)20-10-15-6-5-7-27-15/h5-7,12-14,19,21H,8-11H2,1-4H3,(H,20,24)(H,22,25). The molecule has 28 heavy (non-hydrogen) atoms. The summed E-state index contributed by atoms with van der Waals surface area (Å²) in [6, 6.07) is 3.93.